The van der Waals surface area contributed by atoms with Gasteiger partial charge in [-0.25, -0.2) is 13.1 Å². The second-order valence-corrected chi connectivity index (χ2v) is 6.68. The Morgan fingerprint density at radius 3 is 2.32 bits per heavy atom. The summed E-state index contributed by atoms with van der Waals surface area (Å²) in [6.07, 6.45) is 0.783. The third kappa shape index (κ3) is 5.18. The third-order valence-corrected chi connectivity index (χ3v) is 4.12. The van der Waals surface area contributed by atoms with Crippen LogP contribution in [0.4, 0.5) is 0 Å². The van der Waals surface area contributed by atoms with Crippen molar-refractivity contribution in [2.45, 2.75) is 31.2 Å². The minimum Gasteiger partial charge on any atom is -0.497 e. The number of rotatable bonds is 7. The highest BCUT2D eigenvalue weighted by molar-refractivity contribution is 7.89. The van der Waals surface area contributed by atoms with Crippen LogP contribution in [-0.2, 0) is 10.0 Å². The molecule has 1 aromatic rings. The molecule has 0 bridgehead atoms. The van der Waals surface area contributed by atoms with Gasteiger partial charge in [0.25, 0.3) is 0 Å². The molecule has 1 aromatic carbocycles. The van der Waals surface area contributed by atoms with Crippen molar-refractivity contribution in [1.29, 1.82) is 0 Å². The van der Waals surface area contributed by atoms with Crippen molar-refractivity contribution < 1.29 is 13.2 Å². The molecule has 108 valence electrons. The molecule has 0 aliphatic rings. The minimum absolute atomic E-state index is 0.173. The fourth-order valence-electron chi connectivity index (χ4n) is 1.74. The molecule has 1 unspecified atom stereocenters. The van der Waals surface area contributed by atoms with Gasteiger partial charge in [0.2, 0.25) is 10.0 Å². The zero-order valence-electron chi connectivity index (χ0n) is 11.6. The van der Waals surface area contributed by atoms with E-state index in [1.807, 2.05) is 0 Å². The highest BCUT2D eigenvalue weighted by Gasteiger charge is 2.15. The van der Waals surface area contributed by atoms with E-state index in [0.717, 1.165) is 6.42 Å². The molecule has 0 saturated carbocycles. The summed E-state index contributed by atoms with van der Waals surface area (Å²) in [7, 11) is -1.97. The molecule has 19 heavy (non-hydrogen) atoms. The second-order valence-electron chi connectivity index (χ2n) is 4.92. The first-order chi connectivity index (χ1) is 8.85. The predicted molar refractivity (Wildman–Crippen MR) is 75.6 cm³/mol. The van der Waals surface area contributed by atoms with E-state index in [2.05, 4.69) is 18.6 Å². The van der Waals surface area contributed by atoms with Gasteiger partial charge in [0, 0.05) is 12.6 Å². The molecular formula is C13H22N2O3S. The van der Waals surface area contributed by atoms with E-state index in [4.69, 9.17) is 10.5 Å². The number of methoxy groups -OCH3 is 1. The Bertz CT molecular complexity index is 483. The van der Waals surface area contributed by atoms with Gasteiger partial charge in [-0.15, -0.1) is 0 Å². The van der Waals surface area contributed by atoms with E-state index in [1.165, 1.54) is 19.2 Å². The number of hydrogen-bond donors (Lipinski definition) is 2. The maximum Gasteiger partial charge on any atom is 0.240 e. The zero-order chi connectivity index (χ0) is 14.5. The van der Waals surface area contributed by atoms with E-state index in [-0.39, 0.29) is 17.5 Å². The maximum atomic E-state index is 12.0. The molecule has 1 rings (SSSR count). The fourth-order valence-corrected chi connectivity index (χ4v) is 2.84. The molecule has 0 fully saturated rings. The highest BCUT2D eigenvalue weighted by Crippen LogP contribution is 2.15. The quantitative estimate of drug-likeness (QED) is 0.792. The molecule has 0 amide bonds. The Balaban J connectivity index is 2.65. The van der Waals surface area contributed by atoms with Gasteiger partial charge in [-0.1, -0.05) is 13.8 Å². The lowest BCUT2D eigenvalue weighted by atomic mass is 10.1. The average molecular weight is 286 g/mol. The SMILES string of the molecule is COc1ccc(S(=O)(=O)NCC(N)CC(C)C)cc1. The molecule has 6 heteroatoms. The van der Waals surface area contributed by atoms with Gasteiger partial charge >= 0.3 is 0 Å². The summed E-state index contributed by atoms with van der Waals surface area (Å²) in [6, 6.07) is 6.07. The van der Waals surface area contributed by atoms with Gasteiger partial charge in [-0.05, 0) is 36.6 Å². The predicted octanol–water partition coefficient (Wildman–Crippen LogP) is 1.35. The van der Waals surface area contributed by atoms with Gasteiger partial charge in [0.1, 0.15) is 5.75 Å². The number of sulfonamides is 1. The van der Waals surface area contributed by atoms with Gasteiger partial charge in [0.05, 0.1) is 12.0 Å². The van der Waals surface area contributed by atoms with Gasteiger partial charge in [-0.2, -0.15) is 0 Å². The van der Waals surface area contributed by atoms with E-state index in [0.29, 0.717) is 11.7 Å². The molecular weight excluding hydrogens is 264 g/mol. The van der Waals surface area contributed by atoms with Crippen molar-refractivity contribution in [3.8, 4) is 5.75 Å². The molecule has 5 nitrogen and oxygen atoms in total. The Morgan fingerprint density at radius 1 is 1.26 bits per heavy atom. The van der Waals surface area contributed by atoms with Gasteiger partial charge < -0.3 is 10.5 Å². The molecule has 0 heterocycles. The van der Waals surface area contributed by atoms with E-state index in [1.54, 1.807) is 12.1 Å². The van der Waals surface area contributed by atoms with Crippen LogP contribution in [0.5, 0.6) is 5.75 Å². The van der Waals surface area contributed by atoms with Crippen LogP contribution in [0.1, 0.15) is 20.3 Å². The fraction of sp³-hybridized carbons (Fsp3) is 0.538. The molecule has 0 spiro atoms. The van der Waals surface area contributed by atoms with Crippen molar-refractivity contribution in [3.63, 3.8) is 0 Å². The van der Waals surface area contributed by atoms with Crippen molar-refractivity contribution >= 4 is 10.0 Å². The molecule has 0 aliphatic heterocycles. The van der Waals surface area contributed by atoms with E-state index in [9.17, 15) is 8.42 Å². The minimum atomic E-state index is -3.50. The lowest BCUT2D eigenvalue weighted by molar-refractivity contribution is 0.414. The van der Waals surface area contributed by atoms with Crippen LogP contribution in [0.2, 0.25) is 0 Å². The largest absolute Gasteiger partial charge is 0.497 e. The van der Waals surface area contributed by atoms with Crippen LogP contribution in [0.15, 0.2) is 29.2 Å². The lowest BCUT2D eigenvalue weighted by Crippen LogP contribution is -2.37. The van der Waals surface area contributed by atoms with Crippen LogP contribution < -0.4 is 15.2 Å². The molecule has 3 N–H and O–H groups in total. The molecule has 0 aliphatic carbocycles. The van der Waals surface area contributed by atoms with Gasteiger partial charge in [0.15, 0.2) is 0 Å². The molecule has 0 saturated heterocycles. The molecule has 0 radical (unpaired) electrons. The number of ether oxygens (including phenoxy) is 1. The van der Waals surface area contributed by atoms with Crippen LogP contribution in [0.3, 0.4) is 0 Å². The summed E-state index contributed by atoms with van der Waals surface area (Å²) in [5, 5.41) is 0. The summed E-state index contributed by atoms with van der Waals surface area (Å²) in [4.78, 5) is 0.213. The van der Waals surface area contributed by atoms with Crippen LogP contribution in [0.25, 0.3) is 0 Å². The second kappa shape index (κ2) is 6.88. The normalized spacial score (nSPS) is 13.5. The van der Waals surface area contributed by atoms with Crippen molar-refractivity contribution in [2.24, 2.45) is 11.7 Å². The monoisotopic (exact) mass is 286 g/mol. The molecule has 1 atom stereocenters. The first kappa shape index (κ1) is 15.9. The van der Waals surface area contributed by atoms with E-state index >= 15 is 0 Å². The Hall–Kier alpha value is -1.11. The van der Waals surface area contributed by atoms with Crippen LogP contribution >= 0.6 is 0 Å². The summed E-state index contributed by atoms with van der Waals surface area (Å²) in [5.74, 6) is 1.07. The van der Waals surface area contributed by atoms with Gasteiger partial charge in [-0.3, -0.25) is 0 Å². The number of hydrogen-bond acceptors (Lipinski definition) is 4. The summed E-state index contributed by atoms with van der Waals surface area (Å²) < 4.78 is 31.5. The standard InChI is InChI=1S/C13H22N2O3S/c1-10(2)8-11(14)9-15-19(16,17)13-6-4-12(18-3)5-7-13/h4-7,10-11,15H,8-9,14H2,1-3H3. The van der Waals surface area contributed by atoms with Crippen LogP contribution in [-0.4, -0.2) is 28.1 Å². The molecule has 0 aromatic heterocycles. The number of benzene rings is 1. The average Bonchev–Trinajstić information content (AvgIpc) is 2.36. The van der Waals surface area contributed by atoms with E-state index < -0.39 is 10.0 Å². The van der Waals surface area contributed by atoms with Crippen molar-refractivity contribution in [2.75, 3.05) is 13.7 Å². The smallest absolute Gasteiger partial charge is 0.240 e. The third-order valence-electron chi connectivity index (χ3n) is 2.68. The number of nitrogens with one attached hydrogen (secondary N) is 1. The Morgan fingerprint density at radius 2 is 1.84 bits per heavy atom. The first-order valence-electron chi connectivity index (χ1n) is 6.24. The summed E-state index contributed by atoms with van der Waals surface area (Å²) in [6.45, 7) is 4.35. The van der Waals surface area contributed by atoms with Crippen LogP contribution in [0, 0.1) is 5.92 Å². The zero-order valence-corrected chi connectivity index (χ0v) is 12.4. The summed E-state index contributed by atoms with van der Waals surface area (Å²) >= 11 is 0. The Kier molecular flexibility index (Phi) is 5.78. The first-order valence-corrected chi connectivity index (χ1v) is 7.72. The maximum absolute atomic E-state index is 12.0. The highest BCUT2D eigenvalue weighted by atomic mass is 32.2. The number of nitrogens with two attached hydrogens (primary N) is 1. The summed E-state index contributed by atoms with van der Waals surface area (Å²) in [5.41, 5.74) is 5.86. The van der Waals surface area contributed by atoms with Crippen molar-refractivity contribution in [3.05, 3.63) is 24.3 Å². The Labute approximate surface area is 115 Å². The lowest BCUT2D eigenvalue weighted by Gasteiger charge is -2.15. The topological polar surface area (TPSA) is 81.4 Å². The van der Waals surface area contributed by atoms with Crippen molar-refractivity contribution in [1.82, 2.24) is 4.72 Å².